The Morgan fingerprint density at radius 2 is 2.29 bits per heavy atom. The predicted molar refractivity (Wildman–Crippen MR) is 49.9 cm³/mol. The SMILES string of the molecule is N[C@@H](c1cccnc1F)[C@H](O)C1CC1. The molecule has 1 aliphatic rings. The van der Waals surface area contributed by atoms with Gasteiger partial charge in [0.15, 0.2) is 0 Å². The highest BCUT2D eigenvalue weighted by molar-refractivity contribution is 5.17. The average Bonchev–Trinajstić information content (AvgIpc) is 3.00. The van der Waals surface area contributed by atoms with Crippen molar-refractivity contribution in [1.29, 1.82) is 0 Å². The van der Waals surface area contributed by atoms with Gasteiger partial charge in [0.1, 0.15) is 0 Å². The Morgan fingerprint density at radius 1 is 1.57 bits per heavy atom. The maximum absolute atomic E-state index is 13.2. The van der Waals surface area contributed by atoms with Crippen LogP contribution in [0.1, 0.15) is 24.4 Å². The molecule has 1 saturated carbocycles. The fourth-order valence-corrected chi connectivity index (χ4v) is 1.56. The molecule has 0 amide bonds. The molecule has 0 saturated heterocycles. The summed E-state index contributed by atoms with van der Waals surface area (Å²) in [4.78, 5) is 3.50. The molecule has 0 aliphatic heterocycles. The van der Waals surface area contributed by atoms with E-state index in [1.807, 2.05) is 0 Å². The minimum absolute atomic E-state index is 0.240. The van der Waals surface area contributed by atoms with E-state index in [2.05, 4.69) is 4.98 Å². The van der Waals surface area contributed by atoms with E-state index >= 15 is 0 Å². The lowest BCUT2D eigenvalue weighted by atomic mass is 10.0. The highest BCUT2D eigenvalue weighted by atomic mass is 19.1. The van der Waals surface area contributed by atoms with E-state index in [0.29, 0.717) is 5.56 Å². The number of aliphatic hydroxyl groups is 1. The normalized spacial score (nSPS) is 20.5. The van der Waals surface area contributed by atoms with Crippen LogP contribution >= 0.6 is 0 Å². The van der Waals surface area contributed by atoms with Gasteiger partial charge in [0, 0.05) is 11.8 Å². The summed E-state index contributed by atoms with van der Waals surface area (Å²) in [6, 6.07) is 2.53. The number of aliphatic hydroxyl groups excluding tert-OH is 1. The Bertz CT molecular complexity index is 328. The number of rotatable bonds is 3. The van der Waals surface area contributed by atoms with Gasteiger partial charge < -0.3 is 10.8 Å². The van der Waals surface area contributed by atoms with Crippen molar-refractivity contribution < 1.29 is 9.50 Å². The Labute approximate surface area is 81.8 Å². The molecule has 76 valence electrons. The van der Waals surface area contributed by atoms with Gasteiger partial charge in [0.2, 0.25) is 5.95 Å². The van der Waals surface area contributed by atoms with Gasteiger partial charge in [0.05, 0.1) is 12.1 Å². The predicted octanol–water partition coefficient (Wildman–Crippen LogP) is 0.991. The zero-order valence-corrected chi connectivity index (χ0v) is 7.73. The van der Waals surface area contributed by atoms with Crippen molar-refractivity contribution in [1.82, 2.24) is 4.98 Å². The van der Waals surface area contributed by atoms with Gasteiger partial charge in [-0.05, 0) is 24.8 Å². The third-order valence-electron chi connectivity index (χ3n) is 2.62. The molecule has 4 heteroatoms. The van der Waals surface area contributed by atoms with E-state index in [1.54, 1.807) is 12.1 Å². The third kappa shape index (κ3) is 1.76. The van der Waals surface area contributed by atoms with Gasteiger partial charge in [0.25, 0.3) is 0 Å². The Hall–Kier alpha value is -1.00. The standard InChI is InChI=1S/C10H13FN2O/c11-10-7(2-1-5-13-10)8(12)9(14)6-3-4-6/h1-2,5-6,8-9,14H,3-4,12H2/t8-,9+/m0/s1. The summed E-state index contributed by atoms with van der Waals surface area (Å²) in [5, 5.41) is 9.72. The monoisotopic (exact) mass is 196 g/mol. The van der Waals surface area contributed by atoms with Crippen LogP contribution in [-0.4, -0.2) is 16.2 Å². The molecule has 1 fully saturated rings. The fraction of sp³-hybridized carbons (Fsp3) is 0.500. The van der Waals surface area contributed by atoms with Gasteiger partial charge in [-0.25, -0.2) is 4.98 Å². The van der Waals surface area contributed by atoms with Crippen LogP contribution in [0, 0.1) is 11.9 Å². The molecule has 2 atom stereocenters. The summed E-state index contributed by atoms with van der Waals surface area (Å²) in [5.74, 6) is -0.343. The summed E-state index contributed by atoms with van der Waals surface area (Å²) in [7, 11) is 0. The molecule has 3 nitrogen and oxygen atoms in total. The van der Waals surface area contributed by atoms with Crippen molar-refractivity contribution in [2.45, 2.75) is 25.0 Å². The topological polar surface area (TPSA) is 59.1 Å². The first kappa shape index (κ1) is 9.55. The first-order valence-electron chi connectivity index (χ1n) is 4.74. The minimum atomic E-state index is -0.656. The number of hydrogen-bond donors (Lipinski definition) is 2. The average molecular weight is 196 g/mol. The molecule has 1 aromatic rings. The molecular weight excluding hydrogens is 183 g/mol. The second kappa shape index (κ2) is 3.63. The summed E-state index contributed by atoms with van der Waals surface area (Å²) in [5.41, 5.74) is 6.05. The van der Waals surface area contributed by atoms with E-state index in [9.17, 15) is 9.50 Å². The molecule has 0 radical (unpaired) electrons. The van der Waals surface area contributed by atoms with Crippen molar-refractivity contribution in [3.63, 3.8) is 0 Å². The van der Waals surface area contributed by atoms with Gasteiger partial charge in [-0.15, -0.1) is 0 Å². The first-order chi connectivity index (χ1) is 6.70. The van der Waals surface area contributed by atoms with Crippen molar-refractivity contribution >= 4 is 0 Å². The van der Waals surface area contributed by atoms with Crippen LogP contribution in [0.5, 0.6) is 0 Å². The third-order valence-corrected chi connectivity index (χ3v) is 2.62. The van der Waals surface area contributed by atoms with Crippen LogP contribution in [0.2, 0.25) is 0 Å². The van der Waals surface area contributed by atoms with Crippen LogP contribution in [0.25, 0.3) is 0 Å². The zero-order valence-electron chi connectivity index (χ0n) is 7.73. The van der Waals surface area contributed by atoms with E-state index in [1.165, 1.54) is 6.20 Å². The van der Waals surface area contributed by atoms with Crippen molar-refractivity contribution in [2.75, 3.05) is 0 Å². The highest BCUT2D eigenvalue weighted by Crippen LogP contribution is 2.37. The number of hydrogen-bond acceptors (Lipinski definition) is 3. The molecule has 1 heterocycles. The second-order valence-electron chi connectivity index (χ2n) is 3.74. The van der Waals surface area contributed by atoms with Crippen LogP contribution in [-0.2, 0) is 0 Å². The first-order valence-corrected chi connectivity index (χ1v) is 4.74. The summed E-state index contributed by atoms with van der Waals surface area (Å²) in [6.07, 6.45) is 2.69. The quantitative estimate of drug-likeness (QED) is 0.709. The van der Waals surface area contributed by atoms with Crippen LogP contribution in [0.3, 0.4) is 0 Å². The Kier molecular flexibility index (Phi) is 2.48. The molecule has 0 bridgehead atoms. The van der Waals surface area contributed by atoms with Gasteiger partial charge >= 0.3 is 0 Å². The zero-order chi connectivity index (χ0) is 10.1. The molecule has 2 rings (SSSR count). The number of nitrogens with two attached hydrogens (primary N) is 1. The maximum Gasteiger partial charge on any atom is 0.217 e. The highest BCUT2D eigenvalue weighted by Gasteiger charge is 2.35. The smallest absolute Gasteiger partial charge is 0.217 e. The molecule has 0 spiro atoms. The van der Waals surface area contributed by atoms with Crippen LogP contribution in [0.4, 0.5) is 4.39 Å². The Balaban J connectivity index is 2.17. The minimum Gasteiger partial charge on any atom is -0.391 e. The van der Waals surface area contributed by atoms with E-state index in [4.69, 9.17) is 5.73 Å². The summed E-state index contributed by atoms with van der Waals surface area (Å²) < 4.78 is 13.2. The van der Waals surface area contributed by atoms with Crippen molar-refractivity contribution in [2.24, 2.45) is 11.7 Å². The number of pyridine rings is 1. The lowest BCUT2D eigenvalue weighted by Crippen LogP contribution is -2.28. The largest absolute Gasteiger partial charge is 0.391 e. The molecule has 1 aliphatic carbocycles. The van der Waals surface area contributed by atoms with E-state index < -0.39 is 18.1 Å². The van der Waals surface area contributed by atoms with Crippen LogP contribution < -0.4 is 5.73 Å². The van der Waals surface area contributed by atoms with Crippen molar-refractivity contribution in [3.05, 3.63) is 29.8 Å². The van der Waals surface area contributed by atoms with Gasteiger partial charge in [-0.2, -0.15) is 4.39 Å². The summed E-state index contributed by atoms with van der Waals surface area (Å²) in [6.45, 7) is 0. The number of halogens is 1. The fourth-order valence-electron chi connectivity index (χ4n) is 1.56. The molecular formula is C10H13FN2O. The molecule has 0 unspecified atom stereocenters. The van der Waals surface area contributed by atoms with E-state index in [0.717, 1.165) is 12.8 Å². The lowest BCUT2D eigenvalue weighted by molar-refractivity contribution is 0.120. The van der Waals surface area contributed by atoms with E-state index in [-0.39, 0.29) is 5.92 Å². The van der Waals surface area contributed by atoms with Crippen LogP contribution in [0.15, 0.2) is 18.3 Å². The molecule has 3 N–H and O–H groups in total. The van der Waals surface area contributed by atoms with Gasteiger partial charge in [-0.1, -0.05) is 6.07 Å². The molecule has 0 aromatic carbocycles. The maximum atomic E-state index is 13.2. The second-order valence-corrected chi connectivity index (χ2v) is 3.74. The molecule has 1 aromatic heterocycles. The van der Waals surface area contributed by atoms with Gasteiger partial charge in [-0.3, -0.25) is 0 Å². The number of aromatic nitrogens is 1. The lowest BCUT2D eigenvalue weighted by Gasteiger charge is -2.18. The Morgan fingerprint density at radius 3 is 2.86 bits per heavy atom. The van der Waals surface area contributed by atoms with Crippen molar-refractivity contribution in [3.8, 4) is 0 Å². The molecule has 14 heavy (non-hydrogen) atoms. The number of nitrogens with zero attached hydrogens (tertiary/aromatic N) is 1. The summed E-state index contributed by atoms with van der Waals surface area (Å²) >= 11 is 0.